The number of hydrogen-bond donors (Lipinski definition) is 1. The summed E-state index contributed by atoms with van der Waals surface area (Å²) >= 11 is 0.963. The van der Waals surface area contributed by atoms with E-state index in [0.717, 1.165) is 11.8 Å². The molecule has 0 aliphatic rings. The molecule has 0 aliphatic heterocycles. The van der Waals surface area contributed by atoms with Gasteiger partial charge in [-0.05, 0) is 6.92 Å². The average molecular weight is 372 g/mol. The molecule has 0 amide bonds. The summed E-state index contributed by atoms with van der Waals surface area (Å²) in [6, 6.07) is 0. The molecular weight excluding hydrogens is 362 g/mol. The minimum absolute atomic E-state index is 0.00215. The van der Waals surface area contributed by atoms with Gasteiger partial charge in [0.05, 0.1) is 11.4 Å². The van der Waals surface area contributed by atoms with Crippen LogP contribution in [0.4, 0.5) is 26.3 Å². The Hall–Kier alpha value is -0.200. The lowest BCUT2D eigenvalue weighted by molar-refractivity contribution is -0.138. The maximum atomic E-state index is 12.4. The monoisotopic (exact) mass is 372 g/mol. The largest absolute Gasteiger partial charge is 0.445 e. The van der Waals surface area contributed by atoms with E-state index in [0.29, 0.717) is 0 Å². The minimum Gasteiger partial charge on any atom is -0.394 e. The molecule has 1 aromatic heterocycles. The second-order valence-corrected chi connectivity index (χ2v) is 7.68. The third kappa shape index (κ3) is 5.83. The van der Waals surface area contributed by atoms with E-state index < -0.39 is 28.0 Å². The van der Waals surface area contributed by atoms with Crippen LogP contribution >= 0.6 is 34.9 Å². The van der Waals surface area contributed by atoms with Crippen LogP contribution in [-0.4, -0.2) is 38.9 Å². The van der Waals surface area contributed by atoms with E-state index >= 15 is 0 Å². The molecule has 3 nitrogen and oxygen atoms in total. The average Bonchev–Trinajstić information content (AvgIpc) is 2.83. The number of hydrogen-bond acceptors (Lipinski definition) is 6. The van der Waals surface area contributed by atoms with Gasteiger partial charge in [0.2, 0.25) is 5.01 Å². The molecular formula is C9H10F6N2OS3. The summed E-state index contributed by atoms with van der Waals surface area (Å²) in [7, 11) is 0. The van der Waals surface area contributed by atoms with Crippen molar-refractivity contribution in [2.24, 2.45) is 0 Å². The number of rotatable bonds is 6. The molecule has 1 heterocycles. The van der Waals surface area contributed by atoms with Crippen LogP contribution in [0.25, 0.3) is 0 Å². The fourth-order valence-electron chi connectivity index (χ4n) is 1.15. The summed E-state index contributed by atoms with van der Waals surface area (Å²) in [5.74, 6) is -0.267. The summed E-state index contributed by atoms with van der Waals surface area (Å²) < 4.78 is 72.0. The number of thioether (sulfide) groups is 2. The van der Waals surface area contributed by atoms with Gasteiger partial charge in [0.25, 0.3) is 0 Å². The first kappa shape index (κ1) is 18.8. The molecule has 0 saturated carbocycles. The second kappa shape index (κ2) is 6.92. The maximum absolute atomic E-state index is 12.4. The van der Waals surface area contributed by atoms with Gasteiger partial charge < -0.3 is 5.11 Å². The molecule has 0 fully saturated rings. The summed E-state index contributed by atoms with van der Waals surface area (Å²) in [4.78, 5) is 0. The van der Waals surface area contributed by atoms with Crippen molar-refractivity contribution in [3.05, 3.63) is 10.0 Å². The number of nitrogens with zero attached hydrogens (tertiary/aromatic N) is 2. The Morgan fingerprint density at radius 3 is 1.95 bits per heavy atom. The molecule has 21 heavy (non-hydrogen) atoms. The van der Waals surface area contributed by atoms with E-state index in [4.69, 9.17) is 0 Å². The Kier molecular flexibility index (Phi) is 6.21. The Labute approximate surface area is 128 Å². The lowest BCUT2D eigenvalue weighted by Gasteiger charge is -2.23. The number of aromatic nitrogens is 2. The summed E-state index contributed by atoms with van der Waals surface area (Å²) in [5.41, 5.74) is -4.36. The molecule has 1 unspecified atom stereocenters. The van der Waals surface area contributed by atoms with Crippen LogP contribution in [0.1, 0.15) is 16.9 Å². The summed E-state index contributed by atoms with van der Waals surface area (Å²) in [6.45, 7) is 0.859. The SMILES string of the molecule is CC(CO)(SCCSC(F)(F)F)c1nnc(C(F)(F)F)s1. The van der Waals surface area contributed by atoms with Crippen molar-refractivity contribution in [2.45, 2.75) is 23.4 Å². The van der Waals surface area contributed by atoms with Crippen LogP contribution in [-0.2, 0) is 10.9 Å². The van der Waals surface area contributed by atoms with Gasteiger partial charge in [0.1, 0.15) is 5.01 Å². The van der Waals surface area contributed by atoms with E-state index in [1.807, 2.05) is 0 Å². The van der Waals surface area contributed by atoms with Crippen LogP contribution in [0.3, 0.4) is 0 Å². The van der Waals surface area contributed by atoms with E-state index in [1.165, 1.54) is 6.92 Å². The van der Waals surface area contributed by atoms with Gasteiger partial charge in [-0.1, -0.05) is 23.1 Å². The number of alkyl halides is 6. The molecule has 1 rings (SSSR count). The highest BCUT2D eigenvalue weighted by Crippen LogP contribution is 2.41. The molecule has 12 heteroatoms. The van der Waals surface area contributed by atoms with E-state index in [-0.39, 0.29) is 39.6 Å². The molecule has 0 aromatic carbocycles. The van der Waals surface area contributed by atoms with Crippen molar-refractivity contribution in [3.8, 4) is 0 Å². The van der Waals surface area contributed by atoms with Crippen LogP contribution in [0.2, 0.25) is 0 Å². The van der Waals surface area contributed by atoms with Gasteiger partial charge >= 0.3 is 11.7 Å². The van der Waals surface area contributed by atoms with Gasteiger partial charge in [0, 0.05) is 11.5 Å². The molecule has 0 saturated heterocycles. The highest BCUT2D eigenvalue weighted by molar-refractivity contribution is 8.03. The predicted molar refractivity (Wildman–Crippen MR) is 70.3 cm³/mol. The van der Waals surface area contributed by atoms with Crippen molar-refractivity contribution in [2.75, 3.05) is 18.1 Å². The van der Waals surface area contributed by atoms with Crippen LogP contribution in [0.5, 0.6) is 0 Å². The highest BCUT2D eigenvalue weighted by Gasteiger charge is 2.39. The predicted octanol–water partition coefficient (Wildman–Crippen LogP) is 3.75. The fraction of sp³-hybridized carbons (Fsp3) is 0.778. The summed E-state index contributed by atoms with van der Waals surface area (Å²) in [6.07, 6.45) is -4.64. The second-order valence-electron chi connectivity index (χ2n) is 3.94. The van der Waals surface area contributed by atoms with Crippen molar-refractivity contribution < 1.29 is 31.4 Å². The van der Waals surface area contributed by atoms with Crippen LogP contribution in [0, 0.1) is 0 Å². The first-order chi connectivity index (χ1) is 9.48. The number of halogens is 6. The Balaban J connectivity index is 2.69. The van der Waals surface area contributed by atoms with Crippen LogP contribution < -0.4 is 0 Å². The van der Waals surface area contributed by atoms with E-state index in [2.05, 4.69) is 10.2 Å². The number of aliphatic hydroxyl groups is 1. The molecule has 1 N–H and O–H groups in total. The molecule has 1 aromatic rings. The van der Waals surface area contributed by atoms with Gasteiger partial charge in [0.15, 0.2) is 0 Å². The third-order valence-electron chi connectivity index (χ3n) is 2.19. The normalized spacial score (nSPS) is 16.0. The number of aliphatic hydroxyl groups excluding tert-OH is 1. The Bertz CT molecular complexity index is 463. The van der Waals surface area contributed by atoms with Crippen molar-refractivity contribution in [1.29, 1.82) is 0 Å². The first-order valence-corrected chi connectivity index (χ1v) is 8.13. The van der Waals surface area contributed by atoms with E-state index in [9.17, 15) is 31.4 Å². The van der Waals surface area contributed by atoms with Gasteiger partial charge in [-0.3, -0.25) is 0 Å². The zero-order chi connectivity index (χ0) is 16.3. The van der Waals surface area contributed by atoms with Crippen molar-refractivity contribution in [3.63, 3.8) is 0 Å². The van der Waals surface area contributed by atoms with Gasteiger partial charge in [-0.2, -0.15) is 26.3 Å². The topological polar surface area (TPSA) is 46.0 Å². The molecule has 0 spiro atoms. The molecule has 0 aliphatic carbocycles. The van der Waals surface area contributed by atoms with Crippen LogP contribution in [0.15, 0.2) is 0 Å². The summed E-state index contributed by atoms with van der Waals surface area (Å²) in [5, 5.41) is 14.5. The quantitative estimate of drug-likeness (QED) is 0.609. The molecule has 0 radical (unpaired) electrons. The Morgan fingerprint density at radius 2 is 1.52 bits per heavy atom. The van der Waals surface area contributed by atoms with Crippen molar-refractivity contribution >= 4 is 34.9 Å². The van der Waals surface area contributed by atoms with E-state index in [1.54, 1.807) is 0 Å². The standard InChI is InChI=1S/C9H10F6N2OS3/c1-7(4-18,19-2-3-20-9(13,14)15)5-16-17-6(21-5)8(10,11)12/h18H,2-4H2,1H3. The highest BCUT2D eigenvalue weighted by atomic mass is 32.2. The lowest BCUT2D eigenvalue weighted by Crippen LogP contribution is -2.23. The minimum atomic E-state index is -4.64. The smallest absolute Gasteiger partial charge is 0.394 e. The maximum Gasteiger partial charge on any atom is 0.445 e. The Morgan fingerprint density at radius 1 is 1.00 bits per heavy atom. The lowest BCUT2D eigenvalue weighted by atomic mass is 10.2. The van der Waals surface area contributed by atoms with Crippen molar-refractivity contribution in [1.82, 2.24) is 10.2 Å². The molecule has 122 valence electrons. The van der Waals surface area contributed by atoms with Gasteiger partial charge in [-0.25, -0.2) is 0 Å². The van der Waals surface area contributed by atoms with Gasteiger partial charge in [-0.15, -0.1) is 22.0 Å². The zero-order valence-electron chi connectivity index (χ0n) is 10.5. The fourth-order valence-corrected chi connectivity index (χ4v) is 3.80. The third-order valence-corrected chi connectivity index (χ3v) is 5.91. The first-order valence-electron chi connectivity index (χ1n) is 5.34. The molecule has 1 atom stereocenters. The molecule has 0 bridgehead atoms. The zero-order valence-corrected chi connectivity index (χ0v) is 12.9.